The van der Waals surface area contributed by atoms with Gasteiger partial charge in [-0.2, -0.15) is 0 Å². The number of hydrogen-bond acceptors (Lipinski definition) is 4. The van der Waals surface area contributed by atoms with Crippen molar-refractivity contribution in [3.05, 3.63) is 75.3 Å². The highest BCUT2D eigenvalue weighted by molar-refractivity contribution is 6.31. The summed E-state index contributed by atoms with van der Waals surface area (Å²) in [5.41, 5.74) is 8.64. The fraction of sp³-hybridized carbons (Fsp3) is 0.118. The van der Waals surface area contributed by atoms with E-state index in [0.29, 0.717) is 27.8 Å². The van der Waals surface area contributed by atoms with Crippen molar-refractivity contribution in [1.82, 2.24) is 14.8 Å². The number of benzene rings is 2. The number of aryl methyl sites for hydroxylation is 1. The largest absolute Gasteiger partial charge is 0.320 e. The van der Waals surface area contributed by atoms with Crippen molar-refractivity contribution in [2.45, 2.75) is 13.0 Å². The lowest BCUT2D eigenvalue weighted by molar-refractivity contribution is 0.111. The highest BCUT2D eigenvalue weighted by atomic mass is 35.5. The van der Waals surface area contributed by atoms with Crippen LogP contribution in [0.3, 0.4) is 0 Å². The molecular weight excluding hydrogens is 347 g/mol. The topological polar surface area (TPSA) is 73.8 Å². The maximum atomic E-state index is 11.3. The van der Waals surface area contributed by atoms with Crippen molar-refractivity contribution >= 4 is 29.5 Å². The van der Waals surface area contributed by atoms with E-state index < -0.39 is 6.04 Å². The van der Waals surface area contributed by atoms with Crippen LogP contribution in [-0.2, 0) is 0 Å². The van der Waals surface area contributed by atoms with E-state index in [-0.39, 0.29) is 5.82 Å². The molecule has 0 saturated heterocycles. The van der Waals surface area contributed by atoms with Crippen LogP contribution >= 0.6 is 23.2 Å². The molecule has 122 valence electrons. The summed E-state index contributed by atoms with van der Waals surface area (Å²) in [5.74, 6) is 0.745. The Balaban J connectivity index is 2.22. The van der Waals surface area contributed by atoms with E-state index in [9.17, 15) is 4.79 Å². The molecule has 0 saturated carbocycles. The second-order valence-corrected chi connectivity index (χ2v) is 6.10. The van der Waals surface area contributed by atoms with Crippen molar-refractivity contribution in [2.24, 2.45) is 5.73 Å². The van der Waals surface area contributed by atoms with Gasteiger partial charge in [0.25, 0.3) is 0 Å². The third-order valence-corrected chi connectivity index (χ3v) is 4.34. The number of nitrogens with two attached hydrogens (primary N) is 1. The lowest BCUT2D eigenvalue weighted by Gasteiger charge is -2.19. The molecule has 0 amide bonds. The molecule has 7 heteroatoms. The van der Waals surface area contributed by atoms with Crippen molar-refractivity contribution in [3.63, 3.8) is 0 Å². The first-order valence-corrected chi connectivity index (χ1v) is 7.95. The zero-order valence-electron chi connectivity index (χ0n) is 12.8. The SMILES string of the molecule is Cc1nnc(C=O)n1-c1cc(Cl)ccc1C(N)c1ccccc1Cl. The van der Waals surface area contributed by atoms with Crippen LogP contribution in [0.15, 0.2) is 42.5 Å². The second-order valence-electron chi connectivity index (χ2n) is 5.26. The average molecular weight is 361 g/mol. The molecule has 2 N–H and O–H groups in total. The molecule has 0 fully saturated rings. The van der Waals surface area contributed by atoms with Gasteiger partial charge < -0.3 is 5.73 Å². The highest BCUT2D eigenvalue weighted by Crippen LogP contribution is 2.32. The number of halogens is 2. The zero-order valence-corrected chi connectivity index (χ0v) is 14.3. The molecule has 0 spiro atoms. The van der Waals surface area contributed by atoms with Crippen LogP contribution < -0.4 is 5.73 Å². The zero-order chi connectivity index (χ0) is 17.3. The van der Waals surface area contributed by atoms with Gasteiger partial charge in [-0.3, -0.25) is 9.36 Å². The van der Waals surface area contributed by atoms with Crippen molar-refractivity contribution in [2.75, 3.05) is 0 Å². The predicted molar refractivity (Wildman–Crippen MR) is 94.0 cm³/mol. The molecule has 0 bridgehead atoms. The summed E-state index contributed by atoms with van der Waals surface area (Å²) in [6, 6.07) is 12.2. The maximum absolute atomic E-state index is 11.3. The van der Waals surface area contributed by atoms with Gasteiger partial charge in [0.1, 0.15) is 5.82 Å². The molecule has 1 unspecified atom stereocenters. The minimum absolute atomic E-state index is 0.183. The molecule has 1 atom stereocenters. The number of nitrogens with zero attached hydrogens (tertiary/aromatic N) is 3. The van der Waals surface area contributed by atoms with E-state index in [1.54, 1.807) is 29.7 Å². The highest BCUT2D eigenvalue weighted by Gasteiger charge is 2.20. The molecule has 1 aromatic heterocycles. The standard InChI is InChI=1S/C17H14Cl2N4O/c1-10-21-22-16(9-24)23(10)15-8-11(18)6-7-13(15)17(20)12-4-2-3-5-14(12)19/h2-9,17H,20H2,1H3. The monoisotopic (exact) mass is 360 g/mol. The molecule has 0 radical (unpaired) electrons. The van der Waals surface area contributed by atoms with Crippen molar-refractivity contribution < 1.29 is 4.79 Å². The van der Waals surface area contributed by atoms with Gasteiger partial charge in [0.15, 0.2) is 6.29 Å². The van der Waals surface area contributed by atoms with Gasteiger partial charge in [0.2, 0.25) is 5.82 Å². The number of carbonyl (C=O) groups excluding carboxylic acids is 1. The van der Waals surface area contributed by atoms with Gasteiger partial charge in [-0.1, -0.05) is 47.5 Å². The number of aromatic nitrogens is 3. The molecule has 0 aliphatic heterocycles. The number of aldehydes is 1. The van der Waals surface area contributed by atoms with Crippen molar-refractivity contribution in [3.8, 4) is 5.69 Å². The Labute approximate surface area is 149 Å². The molecule has 3 aromatic rings. The third kappa shape index (κ3) is 2.94. The van der Waals surface area contributed by atoms with E-state index in [0.717, 1.165) is 11.1 Å². The maximum Gasteiger partial charge on any atom is 0.201 e. The van der Waals surface area contributed by atoms with Crippen LogP contribution in [0.2, 0.25) is 10.0 Å². The number of rotatable bonds is 4. The predicted octanol–water partition coefficient (Wildman–Crippen LogP) is 3.74. The molecular formula is C17H14Cl2N4O. The van der Waals surface area contributed by atoms with Crippen LogP contribution in [0, 0.1) is 6.92 Å². The first kappa shape index (κ1) is 16.6. The van der Waals surface area contributed by atoms with Crippen LogP contribution in [0.5, 0.6) is 0 Å². The Kier molecular flexibility index (Phi) is 4.66. The van der Waals surface area contributed by atoms with Gasteiger partial charge in [0.05, 0.1) is 11.7 Å². The number of hydrogen-bond donors (Lipinski definition) is 1. The smallest absolute Gasteiger partial charge is 0.201 e. The summed E-state index contributed by atoms with van der Waals surface area (Å²) in [4.78, 5) is 11.3. The normalized spacial score (nSPS) is 12.2. The Morgan fingerprint density at radius 3 is 2.58 bits per heavy atom. The van der Waals surface area contributed by atoms with Crippen molar-refractivity contribution in [1.29, 1.82) is 0 Å². The fourth-order valence-electron chi connectivity index (χ4n) is 2.62. The van der Waals surface area contributed by atoms with Gasteiger partial charge >= 0.3 is 0 Å². The minimum Gasteiger partial charge on any atom is -0.320 e. The first-order chi connectivity index (χ1) is 11.5. The number of carbonyl (C=O) groups is 1. The van der Waals surface area contributed by atoms with Gasteiger partial charge in [-0.15, -0.1) is 10.2 Å². The second kappa shape index (κ2) is 6.73. The van der Waals surface area contributed by atoms with Crippen LogP contribution in [0.25, 0.3) is 5.69 Å². The van der Waals surface area contributed by atoms with Gasteiger partial charge in [0, 0.05) is 10.0 Å². The minimum atomic E-state index is -0.493. The third-order valence-electron chi connectivity index (χ3n) is 3.76. The molecule has 0 aliphatic rings. The molecule has 5 nitrogen and oxygen atoms in total. The van der Waals surface area contributed by atoms with Crippen LogP contribution in [0.1, 0.15) is 33.6 Å². The quantitative estimate of drug-likeness (QED) is 0.719. The fourth-order valence-corrected chi connectivity index (χ4v) is 3.04. The van der Waals surface area contributed by atoms with Gasteiger partial charge in [-0.25, -0.2) is 0 Å². The summed E-state index contributed by atoms with van der Waals surface area (Å²) < 4.78 is 1.63. The average Bonchev–Trinajstić information content (AvgIpc) is 2.95. The van der Waals surface area contributed by atoms with Crippen LogP contribution in [0.4, 0.5) is 0 Å². The Morgan fingerprint density at radius 2 is 1.88 bits per heavy atom. The molecule has 2 aromatic carbocycles. The summed E-state index contributed by atoms with van der Waals surface area (Å²) in [7, 11) is 0. The van der Waals surface area contributed by atoms with Crippen LogP contribution in [-0.4, -0.2) is 21.1 Å². The summed E-state index contributed by atoms with van der Waals surface area (Å²) in [5, 5.41) is 8.91. The Hall–Kier alpha value is -2.21. The lowest BCUT2D eigenvalue weighted by atomic mass is 9.97. The first-order valence-electron chi connectivity index (χ1n) is 7.20. The molecule has 0 aliphatic carbocycles. The molecule has 1 heterocycles. The van der Waals surface area contributed by atoms with E-state index in [4.69, 9.17) is 28.9 Å². The molecule has 3 rings (SSSR count). The van der Waals surface area contributed by atoms with E-state index in [1.807, 2.05) is 24.3 Å². The van der Waals surface area contributed by atoms with E-state index in [1.165, 1.54) is 0 Å². The van der Waals surface area contributed by atoms with Gasteiger partial charge in [-0.05, 0) is 36.2 Å². The Morgan fingerprint density at radius 1 is 1.12 bits per heavy atom. The lowest BCUT2D eigenvalue weighted by Crippen LogP contribution is -2.16. The Bertz CT molecular complexity index is 907. The summed E-state index contributed by atoms with van der Waals surface area (Å²) >= 11 is 12.4. The molecule has 24 heavy (non-hydrogen) atoms. The summed E-state index contributed by atoms with van der Waals surface area (Å²) in [6.07, 6.45) is 0.645. The van der Waals surface area contributed by atoms with E-state index >= 15 is 0 Å². The van der Waals surface area contributed by atoms with E-state index in [2.05, 4.69) is 10.2 Å². The summed E-state index contributed by atoms with van der Waals surface area (Å²) in [6.45, 7) is 1.76.